The Hall–Kier alpha value is -1.55. The lowest BCUT2D eigenvalue weighted by atomic mass is 9.92. The summed E-state index contributed by atoms with van der Waals surface area (Å²) in [4.78, 5) is 25.3. The molecule has 12 heteroatoms. The molecule has 0 aliphatic carbocycles. The summed E-state index contributed by atoms with van der Waals surface area (Å²) in [5.41, 5.74) is -1.70. The third-order valence-electron chi connectivity index (χ3n) is 4.99. The van der Waals surface area contributed by atoms with Gasteiger partial charge in [0.15, 0.2) is 28.6 Å². The number of hydrogen-bond acceptors (Lipinski definition) is 4. The van der Waals surface area contributed by atoms with Crippen LogP contribution in [0.25, 0.3) is 0 Å². The van der Waals surface area contributed by atoms with Gasteiger partial charge >= 0.3 is 11.9 Å². The van der Waals surface area contributed by atoms with Gasteiger partial charge in [-0.05, 0) is 44.3 Å². The van der Waals surface area contributed by atoms with Crippen LogP contribution in [-0.2, 0) is 9.59 Å². The van der Waals surface area contributed by atoms with Crippen LogP contribution in [-0.4, -0.2) is 19.8 Å². The topological polar surface area (TPSA) is 52.6 Å². The van der Waals surface area contributed by atoms with E-state index in [2.05, 4.69) is 18.5 Å². The second-order valence-electron chi connectivity index (χ2n) is 7.43. The molecule has 0 aliphatic heterocycles. The van der Waals surface area contributed by atoms with Crippen LogP contribution < -0.4 is 30.9 Å². The highest BCUT2D eigenvalue weighted by molar-refractivity contribution is 7.30. The van der Waals surface area contributed by atoms with Crippen molar-refractivity contribution in [2.45, 2.75) is 27.7 Å². The van der Waals surface area contributed by atoms with Crippen molar-refractivity contribution >= 4 is 68.9 Å². The molecule has 0 N–H and O–H groups in total. The Kier molecular flexibility index (Phi) is 7.58. The van der Waals surface area contributed by atoms with Gasteiger partial charge in [0.2, 0.25) is 5.75 Å². The van der Waals surface area contributed by atoms with E-state index in [1.165, 1.54) is 21.7 Å². The lowest BCUT2D eigenvalue weighted by Crippen LogP contribution is -2.42. The molecule has 2 aromatic rings. The van der Waals surface area contributed by atoms with Crippen molar-refractivity contribution in [3.8, 4) is 11.5 Å². The molecule has 0 aromatic heterocycles. The van der Waals surface area contributed by atoms with Gasteiger partial charge in [-0.2, -0.15) is 0 Å². The molecule has 0 fully saturated rings. The lowest BCUT2D eigenvalue weighted by molar-refractivity contribution is -0.158. The molecular weight excluding hydrogens is 472 g/mol. The fourth-order valence-electron chi connectivity index (χ4n) is 2.47. The van der Waals surface area contributed by atoms with Crippen molar-refractivity contribution in [1.29, 1.82) is 0 Å². The van der Waals surface area contributed by atoms with Crippen LogP contribution in [0.15, 0.2) is 0 Å². The molecule has 2 aromatic carbocycles. The molecule has 3 atom stereocenters. The zero-order chi connectivity index (χ0) is 24.0. The van der Waals surface area contributed by atoms with Gasteiger partial charge in [0, 0.05) is 15.9 Å². The monoisotopic (exact) mass is 492 g/mol. The second-order valence-corrected chi connectivity index (χ2v) is 9.17. The van der Waals surface area contributed by atoms with Crippen LogP contribution in [0, 0.1) is 42.5 Å². The third kappa shape index (κ3) is 4.51. The fraction of sp³-hybridized carbons (Fsp3) is 0.263. The molecule has 0 amide bonds. The summed E-state index contributed by atoms with van der Waals surface area (Å²) in [6.45, 7) is 5.07. The number of rotatable bonds is 4. The molecule has 3 unspecified atom stereocenters. The van der Waals surface area contributed by atoms with E-state index in [9.17, 15) is 27.2 Å². The number of benzene rings is 2. The third-order valence-corrected chi connectivity index (χ3v) is 6.87. The van der Waals surface area contributed by atoms with Gasteiger partial charge in [0.1, 0.15) is 13.7 Å². The largest absolute Gasteiger partial charge is 0.423 e. The van der Waals surface area contributed by atoms with Gasteiger partial charge < -0.3 is 9.47 Å². The maximum absolute atomic E-state index is 14.5. The van der Waals surface area contributed by atoms with Crippen LogP contribution in [0.3, 0.4) is 0 Å². The number of ether oxygens (including phenoxy) is 2. The SMILES string of the molecule is Bc1c(P)c(F)c(P)c(F)c1OC(=O)C(C)(C)C(=O)Oc1c(F)c(C)c(C)c(P)c1F. The first-order valence-electron chi connectivity index (χ1n) is 8.85. The van der Waals surface area contributed by atoms with E-state index in [-0.39, 0.29) is 21.6 Å². The maximum atomic E-state index is 14.5. The Bertz CT molecular complexity index is 979. The summed E-state index contributed by atoms with van der Waals surface area (Å²) >= 11 is 0. The van der Waals surface area contributed by atoms with Crippen LogP contribution in [0.4, 0.5) is 17.6 Å². The Balaban J connectivity index is 2.39. The molecule has 31 heavy (non-hydrogen) atoms. The van der Waals surface area contributed by atoms with Crippen molar-refractivity contribution in [1.82, 2.24) is 0 Å². The van der Waals surface area contributed by atoms with E-state index in [4.69, 9.17) is 9.47 Å². The van der Waals surface area contributed by atoms with Gasteiger partial charge in [-0.1, -0.05) is 9.24 Å². The standard InChI is InChI=1S/C19H20BF4O4P3/c1-5-6(2)14(29)10(23)13(8(5)21)28-18(26)19(3,4)17(25)27-12-7(20)15(30)11(24)16(31)9(12)22/h20,29-31H2,1-4H3. The summed E-state index contributed by atoms with van der Waals surface area (Å²) in [5, 5.41) is -0.472. The van der Waals surface area contributed by atoms with Crippen LogP contribution in [0.1, 0.15) is 25.0 Å². The Labute approximate surface area is 184 Å². The van der Waals surface area contributed by atoms with Crippen molar-refractivity contribution in [3.63, 3.8) is 0 Å². The minimum Gasteiger partial charge on any atom is -0.423 e. The van der Waals surface area contributed by atoms with E-state index in [1.807, 2.05) is 9.24 Å². The normalized spacial score (nSPS) is 11.5. The highest BCUT2D eigenvalue weighted by Gasteiger charge is 2.42. The van der Waals surface area contributed by atoms with Gasteiger partial charge in [-0.15, -0.1) is 18.5 Å². The lowest BCUT2D eigenvalue weighted by Gasteiger charge is -2.23. The maximum Gasteiger partial charge on any atom is 0.328 e. The molecule has 4 nitrogen and oxygen atoms in total. The summed E-state index contributed by atoms with van der Waals surface area (Å²) in [6, 6.07) is 0. The molecule has 0 radical (unpaired) electrons. The first-order valence-corrected chi connectivity index (χ1v) is 10.6. The van der Waals surface area contributed by atoms with Crippen LogP contribution >= 0.6 is 27.7 Å². The zero-order valence-corrected chi connectivity index (χ0v) is 20.8. The minimum atomic E-state index is -2.08. The quantitative estimate of drug-likeness (QED) is 0.161. The Morgan fingerprint density at radius 3 is 1.71 bits per heavy atom. The van der Waals surface area contributed by atoms with Crippen molar-refractivity contribution in [2.24, 2.45) is 5.41 Å². The molecule has 0 spiro atoms. The molecule has 0 heterocycles. The van der Waals surface area contributed by atoms with Crippen molar-refractivity contribution < 1.29 is 36.6 Å². The van der Waals surface area contributed by atoms with Gasteiger partial charge in [-0.25, -0.2) is 17.6 Å². The molecule has 2 rings (SSSR count). The predicted octanol–water partition coefficient (Wildman–Crippen LogP) is 1.16. The summed E-state index contributed by atoms with van der Waals surface area (Å²) in [6.07, 6.45) is 0. The zero-order valence-electron chi connectivity index (χ0n) is 17.4. The number of carbonyl (C=O) groups is 2. The highest BCUT2D eigenvalue weighted by atomic mass is 31.0. The van der Waals surface area contributed by atoms with Crippen molar-refractivity contribution in [3.05, 3.63) is 34.4 Å². The number of esters is 2. The Morgan fingerprint density at radius 2 is 1.19 bits per heavy atom. The van der Waals surface area contributed by atoms with Crippen molar-refractivity contribution in [2.75, 3.05) is 0 Å². The van der Waals surface area contributed by atoms with E-state index in [0.717, 1.165) is 13.8 Å². The Morgan fingerprint density at radius 1 is 0.742 bits per heavy atom. The molecule has 0 saturated heterocycles. The predicted molar refractivity (Wildman–Crippen MR) is 123 cm³/mol. The average molecular weight is 492 g/mol. The van der Waals surface area contributed by atoms with E-state index < -0.39 is 57.4 Å². The summed E-state index contributed by atoms with van der Waals surface area (Å²) in [7, 11) is 7.35. The summed E-state index contributed by atoms with van der Waals surface area (Å²) < 4.78 is 67.4. The highest BCUT2D eigenvalue weighted by Crippen LogP contribution is 2.30. The molecule has 0 bridgehead atoms. The molecule has 0 aliphatic rings. The second kappa shape index (κ2) is 9.14. The van der Waals surface area contributed by atoms with E-state index in [1.54, 1.807) is 0 Å². The molecule has 166 valence electrons. The molecular formula is C19H20BF4O4P3. The first-order chi connectivity index (χ1) is 14.1. The van der Waals surface area contributed by atoms with Gasteiger partial charge in [0.25, 0.3) is 0 Å². The van der Waals surface area contributed by atoms with Crippen LogP contribution in [0.5, 0.6) is 11.5 Å². The fourth-order valence-corrected chi connectivity index (χ4v) is 3.56. The summed E-state index contributed by atoms with van der Waals surface area (Å²) in [5.74, 6) is -8.28. The first kappa shape index (κ1) is 25.7. The van der Waals surface area contributed by atoms with Gasteiger partial charge in [0.05, 0.1) is 0 Å². The average Bonchev–Trinajstić information content (AvgIpc) is 2.73. The smallest absolute Gasteiger partial charge is 0.328 e. The van der Waals surface area contributed by atoms with E-state index >= 15 is 0 Å². The molecule has 0 saturated carbocycles. The number of hydrogen-bond donors (Lipinski definition) is 0. The van der Waals surface area contributed by atoms with Crippen LogP contribution in [0.2, 0.25) is 0 Å². The van der Waals surface area contributed by atoms with Gasteiger partial charge in [-0.3, -0.25) is 9.59 Å². The number of carbonyl (C=O) groups excluding carboxylic acids is 2. The number of halogens is 4. The minimum absolute atomic E-state index is 0.00652. The van der Waals surface area contributed by atoms with E-state index in [0.29, 0.717) is 5.56 Å².